The largest absolute Gasteiger partial charge is 0.497 e. The quantitative estimate of drug-likeness (QED) is 0.502. The van der Waals surface area contributed by atoms with E-state index in [2.05, 4.69) is 13.0 Å². The van der Waals surface area contributed by atoms with Crippen LogP contribution in [0.2, 0.25) is 0 Å². The second kappa shape index (κ2) is 6.95. The number of ether oxygens (including phenoxy) is 4. The Bertz CT molecular complexity index is 1260. The van der Waals surface area contributed by atoms with E-state index < -0.39 is 0 Å². The van der Waals surface area contributed by atoms with E-state index in [-0.39, 0.29) is 6.79 Å². The van der Waals surface area contributed by atoms with Crippen LogP contribution in [0.5, 0.6) is 23.0 Å². The van der Waals surface area contributed by atoms with Crippen molar-refractivity contribution >= 4 is 11.0 Å². The Balaban J connectivity index is 1.70. The van der Waals surface area contributed by atoms with Crippen LogP contribution in [0, 0.1) is 13.8 Å². The van der Waals surface area contributed by atoms with Crippen molar-refractivity contribution < 1.29 is 18.9 Å². The van der Waals surface area contributed by atoms with Gasteiger partial charge in [0.25, 0.3) is 0 Å². The fraction of sp³-hybridized carbons (Fsp3) is 0.217. The molecule has 7 heteroatoms. The second-order valence-corrected chi connectivity index (χ2v) is 7.13. The van der Waals surface area contributed by atoms with Crippen LogP contribution < -0.4 is 18.9 Å². The molecule has 0 aliphatic carbocycles. The summed E-state index contributed by atoms with van der Waals surface area (Å²) in [5, 5.41) is 5.79. The Morgan fingerprint density at radius 3 is 2.50 bits per heavy atom. The molecule has 0 unspecified atom stereocenters. The van der Waals surface area contributed by atoms with E-state index in [9.17, 15) is 0 Å². The predicted molar refractivity (Wildman–Crippen MR) is 113 cm³/mol. The molecule has 2 aromatic heterocycles. The molecule has 3 heterocycles. The van der Waals surface area contributed by atoms with Gasteiger partial charge in [0.2, 0.25) is 12.5 Å². The molecule has 0 spiro atoms. The van der Waals surface area contributed by atoms with Crippen molar-refractivity contribution in [2.24, 2.45) is 0 Å². The molecule has 5 rings (SSSR count). The number of rotatable bonds is 4. The first-order valence-electron chi connectivity index (χ1n) is 9.58. The van der Waals surface area contributed by atoms with Gasteiger partial charge in [0.1, 0.15) is 5.75 Å². The maximum Gasteiger partial charge on any atom is 0.231 e. The first kappa shape index (κ1) is 18.3. The summed E-state index contributed by atoms with van der Waals surface area (Å²) in [5.41, 5.74) is 5.45. The molecule has 0 saturated carbocycles. The van der Waals surface area contributed by atoms with Crippen LogP contribution >= 0.6 is 0 Å². The number of aryl methyl sites for hydroxylation is 2. The first-order chi connectivity index (χ1) is 14.6. The highest BCUT2D eigenvalue weighted by Gasteiger charge is 2.22. The summed E-state index contributed by atoms with van der Waals surface area (Å²) < 4.78 is 23.7. The maximum absolute atomic E-state index is 5.58. The third-order valence-corrected chi connectivity index (χ3v) is 5.28. The Hall–Kier alpha value is -3.74. The van der Waals surface area contributed by atoms with E-state index in [1.165, 1.54) is 0 Å². The molecule has 7 nitrogen and oxygen atoms in total. The van der Waals surface area contributed by atoms with Gasteiger partial charge in [0.15, 0.2) is 17.1 Å². The summed E-state index contributed by atoms with van der Waals surface area (Å²) in [7, 11) is 3.27. The van der Waals surface area contributed by atoms with Gasteiger partial charge >= 0.3 is 0 Å². The Morgan fingerprint density at radius 2 is 1.77 bits per heavy atom. The Labute approximate surface area is 173 Å². The number of hydrogen-bond donors (Lipinski definition) is 0. The summed E-state index contributed by atoms with van der Waals surface area (Å²) in [5.74, 6) is 2.70. The maximum atomic E-state index is 5.58. The fourth-order valence-corrected chi connectivity index (χ4v) is 3.83. The van der Waals surface area contributed by atoms with Crippen LogP contribution in [0.25, 0.3) is 28.0 Å². The molecular formula is C23H21N3O4. The van der Waals surface area contributed by atoms with Gasteiger partial charge in [-0.1, -0.05) is 0 Å². The van der Waals surface area contributed by atoms with Gasteiger partial charge in [0.05, 0.1) is 31.3 Å². The van der Waals surface area contributed by atoms with Gasteiger partial charge in [-0.3, -0.25) is 0 Å². The van der Waals surface area contributed by atoms with E-state index in [1.807, 2.05) is 48.0 Å². The summed E-state index contributed by atoms with van der Waals surface area (Å²) in [6.07, 6.45) is 0. The smallest absolute Gasteiger partial charge is 0.231 e. The number of pyridine rings is 1. The third kappa shape index (κ3) is 2.82. The van der Waals surface area contributed by atoms with Gasteiger partial charge in [-0.15, -0.1) is 0 Å². The molecule has 1 aliphatic heterocycles. The molecule has 0 amide bonds. The minimum absolute atomic E-state index is 0.185. The highest BCUT2D eigenvalue weighted by molar-refractivity contribution is 5.86. The summed E-state index contributed by atoms with van der Waals surface area (Å²) in [6, 6.07) is 13.7. The van der Waals surface area contributed by atoms with E-state index in [1.54, 1.807) is 14.2 Å². The van der Waals surface area contributed by atoms with Crippen molar-refractivity contribution in [2.45, 2.75) is 13.8 Å². The van der Waals surface area contributed by atoms with Gasteiger partial charge in [-0.2, -0.15) is 5.10 Å². The zero-order chi connectivity index (χ0) is 20.8. The van der Waals surface area contributed by atoms with E-state index in [0.717, 1.165) is 45.0 Å². The number of aromatic nitrogens is 3. The number of benzene rings is 2. The Kier molecular flexibility index (Phi) is 4.24. The highest BCUT2D eigenvalue weighted by atomic mass is 16.7. The average molecular weight is 403 g/mol. The zero-order valence-electron chi connectivity index (χ0n) is 17.2. The molecule has 0 fully saturated rings. The van der Waals surface area contributed by atoms with E-state index in [0.29, 0.717) is 17.2 Å². The first-order valence-corrected chi connectivity index (χ1v) is 9.58. The van der Waals surface area contributed by atoms with Crippen LogP contribution in [0.4, 0.5) is 0 Å². The molecule has 0 bridgehead atoms. The van der Waals surface area contributed by atoms with Crippen LogP contribution in [0.15, 0.2) is 42.5 Å². The van der Waals surface area contributed by atoms with E-state index >= 15 is 0 Å². The molecule has 152 valence electrons. The van der Waals surface area contributed by atoms with Crippen molar-refractivity contribution in [1.82, 2.24) is 14.8 Å². The second-order valence-electron chi connectivity index (χ2n) is 7.13. The lowest BCUT2D eigenvalue weighted by Crippen LogP contribution is -1.99. The molecule has 0 N–H and O–H groups in total. The number of nitrogens with zero attached hydrogens (tertiary/aromatic N) is 3. The topological polar surface area (TPSA) is 67.6 Å². The van der Waals surface area contributed by atoms with Crippen molar-refractivity contribution in [3.8, 4) is 39.9 Å². The number of methoxy groups -OCH3 is 2. The highest BCUT2D eigenvalue weighted by Crippen LogP contribution is 2.44. The monoisotopic (exact) mass is 403 g/mol. The molecule has 0 radical (unpaired) electrons. The van der Waals surface area contributed by atoms with Crippen molar-refractivity contribution in [2.75, 3.05) is 21.0 Å². The SMILES string of the molecule is COc1ccc(-n2nc(C)c3c(C)cc(-c4cc(OC)c5c(c4)OCO5)nc32)cc1. The van der Waals surface area contributed by atoms with Gasteiger partial charge in [-0.05, 0) is 61.9 Å². The lowest BCUT2D eigenvalue weighted by molar-refractivity contribution is 0.171. The third-order valence-electron chi connectivity index (χ3n) is 5.28. The lowest BCUT2D eigenvalue weighted by atomic mass is 10.1. The number of hydrogen-bond acceptors (Lipinski definition) is 6. The molecule has 0 saturated heterocycles. The van der Waals surface area contributed by atoms with Gasteiger partial charge in [0, 0.05) is 10.9 Å². The van der Waals surface area contributed by atoms with E-state index in [4.69, 9.17) is 29.0 Å². The van der Waals surface area contributed by atoms with Crippen molar-refractivity contribution in [3.05, 3.63) is 53.7 Å². The Morgan fingerprint density at radius 1 is 0.967 bits per heavy atom. The van der Waals surface area contributed by atoms with Crippen molar-refractivity contribution in [3.63, 3.8) is 0 Å². The van der Waals surface area contributed by atoms with Crippen molar-refractivity contribution in [1.29, 1.82) is 0 Å². The molecule has 0 atom stereocenters. The minimum atomic E-state index is 0.185. The normalized spacial score (nSPS) is 12.4. The number of fused-ring (bicyclic) bond motifs is 2. The predicted octanol–water partition coefficient (Wildman–Crippen LogP) is 4.45. The summed E-state index contributed by atoms with van der Waals surface area (Å²) >= 11 is 0. The minimum Gasteiger partial charge on any atom is -0.497 e. The zero-order valence-corrected chi connectivity index (χ0v) is 17.2. The summed E-state index contributed by atoms with van der Waals surface area (Å²) in [6.45, 7) is 4.26. The summed E-state index contributed by atoms with van der Waals surface area (Å²) in [4.78, 5) is 4.96. The fourth-order valence-electron chi connectivity index (χ4n) is 3.83. The molecular weight excluding hydrogens is 382 g/mol. The van der Waals surface area contributed by atoms with Crippen LogP contribution in [-0.2, 0) is 0 Å². The molecule has 4 aromatic rings. The molecule has 30 heavy (non-hydrogen) atoms. The van der Waals surface area contributed by atoms with Gasteiger partial charge < -0.3 is 18.9 Å². The van der Waals surface area contributed by atoms with Crippen LogP contribution in [-0.4, -0.2) is 35.8 Å². The molecule has 1 aliphatic rings. The molecule has 2 aromatic carbocycles. The van der Waals surface area contributed by atoms with Crippen LogP contribution in [0.3, 0.4) is 0 Å². The lowest BCUT2D eigenvalue weighted by Gasteiger charge is -2.10. The average Bonchev–Trinajstić information content (AvgIpc) is 3.37. The standard InChI is InChI=1S/C23H21N3O4/c1-13-9-18(15-10-19(28-4)22-20(11-15)29-12-30-22)24-23-21(13)14(2)25-26(23)16-5-7-17(27-3)8-6-16/h5-11H,12H2,1-4H3. The van der Waals surface area contributed by atoms with Gasteiger partial charge in [-0.25, -0.2) is 9.67 Å². The van der Waals surface area contributed by atoms with Crippen LogP contribution in [0.1, 0.15) is 11.3 Å².